The zero-order valence-electron chi connectivity index (χ0n) is 14.8. The minimum Gasteiger partial charge on any atom is -0.326 e. The van der Waals surface area contributed by atoms with Crippen molar-refractivity contribution < 1.29 is 13.2 Å². The Hall–Kier alpha value is -1.11. The maximum absolute atomic E-state index is 12.6. The fourth-order valence-electron chi connectivity index (χ4n) is 3.16. The molecule has 2 rings (SSSR count). The Kier molecular flexibility index (Phi) is 9.46. The molecule has 1 aliphatic carbocycles. The maximum atomic E-state index is 12.6. The van der Waals surface area contributed by atoms with Gasteiger partial charge >= 0.3 is 0 Å². The summed E-state index contributed by atoms with van der Waals surface area (Å²) in [6.45, 7) is 0.799. The van der Waals surface area contributed by atoms with Crippen molar-refractivity contribution in [3.63, 3.8) is 0 Å². The van der Waals surface area contributed by atoms with E-state index in [1.807, 2.05) is 13.1 Å². The molecule has 0 aromatic heterocycles. The van der Waals surface area contributed by atoms with Gasteiger partial charge in [0.1, 0.15) is 0 Å². The van der Waals surface area contributed by atoms with Gasteiger partial charge in [-0.3, -0.25) is 4.79 Å². The number of amides is 1. The van der Waals surface area contributed by atoms with Crippen molar-refractivity contribution in [1.82, 2.24) is 5.32 Å². The molecule has 1 aromatic carbocycles. The van der Waals surface area contributed by atoms with E-state index in [1.54, 1.807) is 18.2 Å². The maximum Gasteiger partial charge on any atom is 0.224 e. The van der Waals surface area contributed by atoms with Crippen LogP contribution in [0, 0.1) is 0 Å². The largest absolute Gasteiger partial charge is 0.326 e. The van der Waals surface area contributed by atoms with E-state index in [-0.39, 0.29) is 29.3 Å². The summed E-state index contributed by atoms with van der Waals surface area (Å²) in [7, 11) is -1.26. The zero-order chi connectivity index (χ0) is 17.4. The van der Waals surface area contributed by atoms with Crippen LogP contribution in [-0.2, 0) is 20.4 Å². The normalized spacial score (nSPS) is 15.4. The summed E-state index contributed by atoms with van der Waals surface area (Å²) in [5.74, 6) is 0.0127. The second-order valence-corrected chi connectivity index (χ2v) is 8.80. The van der Waals surface area contributed by atoms with Crippen LogP contribution in [-0.4, -0.2) is 33.2 Å². The standard InChI is InChI=1S/C18H28N2O3S.ClH/c1-19-12-6-11-18(21)20-16-8-5-7-15(13-16)14-24(22,23)17-9-3-2-4-10-17;/h5,7-8,13,17,19H,2-4,6,9-12,14H2,1H3,(H,20,21);1H. The van der Waals surface area contributed by atoms with E-state index in [0.717, 1.165) is 50.6 Å². The predicted molar refractivity (Wildman–Crippen MR) is 105 cm³/mol. The van der Waals surface area contributed by atoms with Gasteiger partial charge in [-0.15, -0.1) is 12.4 Å². The molecule has 142 valence electrons. The molecule has 0 unspecified atom stereocenters. The van der Waals surface area contributed by atoms with Gasteiger partial charge in [0.15, 0.2) is 9.84 Å². The van der Waals surface area contributed by atoms with Gasteiger partial charge in [-0.05, 0) is 50.6 Å². The Labute approximate surface area is 157 Å². The molecule has 1 aromatic rings. The summed E-state index contributed by atoms with van der Waals surface area (Å²) in [6, 6.07) is 7.19. The molecule has 5 nitrogen and oxygen atoms in total. The van der Waals surface area contributed by atoms with Crippen LogP contribution in [0.25, 0.3) is 0 Å². The predicted octanol–water partition coefficient (Wildman–Crippen LogP) is 3.29. The van der Waals surface area contributed by atoms with Crippen molar-refractivity contribution >= 4 is 33.8 Å². The molecule has 0 saturated heterocycles. The molecule has 0 bridgehead atoms. The third-order valence-electron chi connectivity index (χ3n) is 4.47. The van der Waals surface area contributed by atoms with Crippen molar-refractivity contribution in [2.45, 2.75) is 55.9 Å². The first-order valence-electron chi connectivity index (χ1n) is 8.76. The van der Waals surface area contributed by atoms with Gasteiger partial charge in [0.05, 0.1) is 11.0 Å². The summed E-state index contributed by atoms with van der Waals surface area (Å²) < 4.78 is 25.1. The van der Waals surface area contributed by atoms with Crippen molar-refractivity contribution in [2.75, 3.05) is 18.9 Å². The molecule has 1 aliphatic rings. The molecule has 7 heteroatoms. The second-order valence-electron chi connectivity index (χ2n) is 6.52. The lowest BCUT2D eigenvalue weighted by atomic mass is 10.0. The third kappa shape index (κ3) is 7.34. The summed E-state index contributed by atoms with van der Waals surface area (Å²) in [5.41, 5.74) is 1.41. The molecule has 1 saturated carbocycles. The van der Waals surface area contributed by atoms with Crippen molar-refractivity contribution in [3.05, 3.63) is 29.8 Å². The van der Waals surface area contributed by atoms with Gasteiger partial charge in [0, 0.05) is 12.1 Å². The average Bonchev–Trinajstić information content (AvgIpc) is 2.56. The number of carbonyl (C=O) groups is 1. The number of benzene rings is 1. The average molecular weight is 389 g/mol. The lowest BCUT2D eigenvalue weighted by Crippen LogP contribution is -2.25. The van der Waals surface area contributed by atoms with Gasteiger partial charge in [-0.25, -0.2) is 8.42 Å². The highest BCUT2D eigenvalue weighted by atomic mass is 35.5. The van der Waals surface area contributed by atoms with Crippen LogP contribution in [0.3, 0.4) is 0 Å². The first-order chi connectivity index (χ1) is 11.5. The number of hydrogen-bond acceptors (Lipinski definition) is 4. The van der Waals surface area contributed by atoms with Crippen LogP contribution in [0.4, 0.5) is 5.69 Å². The highest BCUT2D eigenvalue weighted by Gasteiger charge is 2.27. The molecule has 0 spiro atoms. The van der Waals surface area contributed by atoms with Crippen LogP contribution in [0.1, 0.15) is 50.5 Å². The zero-order valence-corrected chi connectivity index (χ0v) is 16.4. The first kappa shape index (κ1) is 21.9. The SMILES string of the molecule is CNCCCC(=O)Nc1cccc(CS(=O)(=O)C2CCCCC2)c1.Cl. The Bertz CT molecular complexity index is 643. The van der Waals surface area contributed by atoms with E-state index in [1.165, 1.54) is 0 Å². The highest BCUT2D eigenvalue weighted by molar-refractivity contribution is 7.91. The number of sulfone groups is 1. The van der Waals surface area contributed by atoms with Crippen LogP contribution in [0.5, 0.6) is 0 Å². The summed E-state index contributed by atoms with van der Waals surface area (Å²) >= 11 is 0. The van der Waals surface area contributed by atoms with Crippen LogP contribution < -0.4 is 10.6 Å². The quantitative estimate of drug-likeness (QED) is 0.670. The number of rotatable bonds is 8. The molecule has 1 fully saturated rings. The Morgan fingerprint density at radius 3 is 2.60 bits per heavy atom. The molecule has 0 heterocycles. The monoisotopic (exact) mass is 388 g/mol. The molecular formula is C18H29ClN2O3S. The molecule has 0 aliphatic heterocycles. The molecule has 0 atom stereocenters. The van der Waals surface area contributed by atoms with E-state index in [0.29, 0.717) is 12.1 Å². The topological polar surface area (TPSA) is 75.3 Å². The van der Waals surface area contributed by atoms with E-state index < -0.39 is 9.84 Å². The second kappa shape index (κ2) is 10.8. The third-order valence-corrected chi connectivity index (χ3v) is 6.69. The highest BCUT2D eigenvalue weighted by Crippen LogP contribution is 2.26. The lowest BCUT2D eigenvalue weighted by Gasteiger charge is -2.21. The molecule has 0 radical (unpaired) electrons. The lowest BCUT2D eigenvalue weighted by molar-refractivity contribution is -0.116. The van der Waals surface area contributed by atoms with E-state index in [4.69, 9.17) is 0 Å². The smallest absolute Gasteiger partial charge is 0.224 e. The molecule has 25 heavy (non-hydrogen) atoms. The van der Waals surface area contributed by atoms with Gasteiger partial charge in [-0.2, -0.15) is 0 Å². The van der Waals surface area contributed by atoms with Crippen molar-refractivity contribution in [2.24, 2.45) is 0 Å². The van der Waals surface area contributed by atoms with E-state index >= 15 is 0 Å². The summed E-state index contributed by atoms with van der Waals surface area (Å²) in [6.07, 6.45) is 5.94. The molecule has 2 N–H and O–H groups in total. The summed E-state index contributed by atoms with van der Waals surface area (Å²) in [4.78, 5) is 11.9. The number of nitrogens with one attached hydrogen (secondary N) is 2. The Balaban J connectivity index is 0.00000312. The van der Waals surface area contributed by atoms with Gasteiger partial charge < -0.3 is 10.6 Å². The van der Waals surface area contributed by atoms with E-state index in [2.05, 4.69) is 10.6 Å². The van der Waals surface area contributed by atoms with Gasteiger partial charge in [0.25, 0.3) is 0 Å². The summed E-state index contributed by atoms with van der Waals surface area (Å²) in [5, 5.41) is 5.65. The minimum absolute atomic E-state index is 0. The van der Waals surface area contributed by atoms with Crippen molar-refractivity contribution in [3.8, 4) is 0 Å². The number of hydrogen-bond donors (Lipinski definition) is 2. The number of anilines is 1. The molecular weight excluding hydrogens is 360 g/mol. The number of carbonyl (C=O) groups excluding carboxylic acids is 1. The van der Waals surface area contributed by atoms with E-state index in [9.17, 15) is 13.2 Å². The molecule has 1 amide bonds. The van der Waals surface area contributed by atoms with Crippen LogP contribution in [0.2, 0.25) is 0 Å². The fourth-order valence-corrected chi connectivity index (χ4v) is 5.09. The first-order valence-corrected chi connectivity index (χ1v) is 10.5. The fraction of sp³-hybridized carbons (Fsp3) is 0.611. The van der Waals surface area contributed by atoms with Crippen molar-refractivity contribution in [1.29, 1.82) is 0 Å². The minimum atomic E-state index is -3.12. The number of halogens is 1. The Morgan fingerprint density at radius 2 is 1.92 bits per heavy atom. The van der Waals surface area contributed by atoms with Crippen LogP contribution in [0.15, 0.2) is 24.3 Å². The Morgan fingerprint density at radius 1 is 1.20 bits per heavy atom. The van der Waals surface area contributed by atoms with Gasteiger partial charge in [-0.1, -0.05) is 31.4 Å². The van der Waals surface area contributed by atoms with Crippen LogP contribution >= 0.6 is 12.4 Å². The van der Waals surface area contributed by atoms with Gasteiger partial charge in [0.2, 0.25) is 5.91 Å².